The van der Waals surface area contributed by atoms with E-state index in [1.807, 2.05) is 24.3 Å². The standard InChI is InChI=1S/C25H36N4O2/c1-5-28-16-23(17-29(28)6-2)27-24(30)15-22-9-7-8-21(14-19(3)4)25(22)31-18-20-10-12-26-13-11-20/h7-13,19,23H,5-6,14-18H2,1-4H3,(H,27,30). The number of para-hydroxylation sites is 1. The number of nitrogens with zero attached hydrogens (tertiary/aromatic N) is 3. The predicted octanol–water partition coefficient (Wildman–Crippen LogP) is 3.46. The molecule has 0 spiro atoms. The summed E-state index contributed by atoms with van der Waals surface area (Å²) >= 11 is 0. The third-order valence-electron chi connectivity index (χ3n) is 5.65. The molecule has 0 bridgehead atoms. The molecule has 6 heteroatoms. The Morgan fingerprint density at radius 1 is 1.10 bits per heavy atom. The van der Waals surface area contributed by atoms with E-state index in [2.05, 4.69) is 54.1 Å². The van der Waals surface area contributed by atoms with Crippen molar-refractivity contribution >= 4 is 5.91 Å². The quantitative estimate of drug-likeness (QED) is 0.633. The summed E-state index contributed by atoms with van der Waals surface area (Å²) in [5, 5.41) is 7.84. The molecule has 2 heterocycles. The summed E-state index contributed by atoms with van der Waals surface area (Å²) in [6.45, 7) is 12.8. The highest BCUT2D eigenvalue weighted by atomic mass is 16.5. The monoisotopic (exact) mass is 424 g/mol. The molecule has 3 rings (SSSR count). The van der Waals surface area contributed by atoms with Crippen molar-refractivity contribution in [3.8, 4) is 5.75 Å². The summed E-state index contributed by atoms with van der Waals surface area (Å²) in [7, 11) is 0. The molecule has 2 aromatic rings. The maximum atomic E-state index is 12.9. The number of carbonyl (C=O) groups is 1. The first-order valence-corrected chi connectivity index (χ1v) is 11.4. The Balaban J connectivity index is 1.71. The lowest BCUT2D eigenvalue weighted by atomic mass is 9.98. The van der Waals surface area contributed by atoms with Crippen LogP contribution >= 0.6 is 0 Å². The molecule has 0 aliphatic carbocycles. The first-order chi connectivity index (χ1) is 15.0. The fourth-order valence-corrected chi connectivity index (χ4v) is 4.20. The van der Waals surface area contributed by atoms with E-state index in [0.29, 0.717) is 18.9 Å². The number of hydrazine groups is 1. The highest BCUT2D eigenvalue weighted by Gasteiger charge is 2.29. The van der Waals surface area contributed by atoms with Gasteiger partial charge >= 0.3 is 0 Å². The lowest BCUT2D eigenvalue weighted by Crippen LogP contribution is -2.39. The Labute approximate surface area is 186 Å². The van der Waals surface area contributed by atoms with Crippen molar-refractivity contribution in [3.05, 3.63) is 59.4 Å². The lowest BCUT2D eigenvalue weighted by Gasteiger charge is -2.24. The number of likely N-dealkylation sites (N-methyl/N-ethyl adjacent to an activating group) is 2. The molecule has 1 aromatic carbocycles. The zero-order valence-corrected chi connectivity index (χ0v) is 19.3. The van der Waals surface area contributed by atoms with Gasteiger partial charge in [0.15, 0.2) is 0 Å². The lowest BCUT2D eigenvalue weighted by molar-refractivity contribution is -0.121. The third kappa shape index (κ3) is 6.52. The molecule has 0 radical (unpaired) electrons. The van der Waals surface area contributed by atoms with Crippen LogP contribution in [0.1, 0.15) is 44.4 Å². The van der Waals surface area contributed by atoms with Crippen LogP contribution in [-0.2, 0) is 24.2 Å². The molecular weight excluding hydrogens is 388 g/mol. The van der Waals surface area contributed by atoms with Crippen molar-refractivity contribution in [2.75, 3.05) is 26.2 Å². The summed E-state index contributed by atoms with van der Waals surface area (Å²) in [5.74, 6) is 1.40. The highest BCUT2D eigenvalue weighted by molar-refractivity contribution is 5.80. The van der Waals surface area contributed by atoms with Gasteiger partial charge in [-0.25, -0.2) is 10.0 Å². The van der Waals surface area contributed by atoms with Gasteiger partial charge in [0.25, 0.3) is 0 Å². The number of ether oxygens (including phenoxy) is 1. The molecule has 0 unspecified atom stereocenters. The van der Waals surface area contributed by atoms with Crippen LogP contribution in [0.5, 0.6) is 5.75 Å². The molecule has 1 aromatic heterocycles. The van der Waals surface area contributed by atoms with E-state index in [9.17, 15) is 4.79 Å². The van der Waals surface area contributed by atoms with Crippen LogP contribution in [0.2, 0.25) is 0 Å². The second kappa shape index (κ2) is 11.3. The molecular formula is C25H36N4O2. The summed E-state index contributed by atoms with van der Waals surface area (Å²) < 4.78 is 6.27. The minimum Gasteiger partial charge on any atom is -0.488 e. The van der Waals surface area contributed by atoms with Crippen molar-refractivity contribution in [2.24, 2.45) is 5.92 Å². The molecule has 1 aliphatic heterocycles. The van der Waals surface area contributed by atoms with Crippen LogP contribution < -0.4 is 10.1 Å². The van der Waals surface area contributed by atoms with E-state index in [1.165, 1.54) is 0 Å². The maximum absolute atomic E-state index is 12.9. The van der Waals surface area contributed by atoms with E-state index in [1.54, 1.807) is 12.4 Å². The second-order valence-corrected chi connectivity index (χ2v) is 8.60. The molecule has 1 saturated heterocycles. The molecule has 1 amide bonds. The van der Waals surface area contributed by atoms with Crippen LogP contribution in [-0.4, -0.2) is 53.1 Å². The largest absolute Gasteiger partial charge is 0.488 e. The van der Waals surface area contributed by atoms with Crippen LogP contribution in [0.15, 0.2) is 42.7 Å². The van der Waals surface area contributed by atoms with Crippen molar-refractivity contribution in [1.29, 1.82) is 0 Å². The van der Waals surface area contributed by atoms with Crippen molar-refractivity contribution in [3.63, 3.8) is 0 Å². The van der Waals surface area contributed by atoms with Crippen LogP contribution in [0.4, 0.5) is 0 Å². The Bertz CT molecular complexity index is 829. The van der Waals surface area contributed by atoms with Crippen LogP contribution in [0.25, 0.3) is 0 Å². The third-order valence-corrected chi connectivity index (χ3v) is 5.65. The normalized spacial score (nSPS) is 15.5. The Morgan fingerprint density at radius 3 is 2.35 bits per heavy atom. The summed E-state index contributed by atoms with van der Waals surface area (Å²) in [6, 6.07) is 10.2. The van der Waals surface area contributed by atoms with Gasteiger partial charge in [-0.15, -0.1) is 0 Å². The number of aromatic nitrogens is 1. The minimum atomic E-state index is 0.0504. The molecule has 1 fully saturated rings. The van der Waals surface area contributed by atoms with E-state index in [-0.39, 0.29) is 11.9 Å². The Hall–Kier alpha value is -2.44. The summed E-state index contributed by atoms with van der Waals surface area (Å²) in [6.07, 6.45) is 4.79. The number of rotatable bonds is 10. The number of hydrogen-bond acceptors (Lipinski definition) is 5. The van der Waals surface area contributed by atoms with E-state index >= 15 is 0 Å². The number of nitrogens with one attached hydrogen (secondary N) is 1. The average molecular weight is 425 g/mol. The summed E-state index contributed by atoms with van der Waals surface area (Å²) in [4.78, 5) is 17.0. The smallest absolute Gasteiger partial charge is 0.224 e. The van der Waals surface area contributed by atoms with Crippen LogP contribution in [0.3, 0.4) is 0 Å². The van der Waals surface area contributed by atoms with Gasteiger partial charge in [-0.2, -0.15) is 0 Å². The van der Waals surface area contributed by atoms with E-state index in [4.69, 9.17) is 4.74 Å². The van der Waals surface area contributed by atoms with Gasteiger partial charge in [-0.05, 0) is 35.6 Å². The first-order valence-electron chi connectivity index (χ1n) is 11.4. The topological polar surface area (TPSA) is 57.7 Å². The highest BCUT2D eigenvalue weighted by Crippen LogP contribution is 2.28. The average Bonchev–Trinajstić information content (AvgIpc) is 3.15. The van der Waals surface area contributed by atoms with E-state index < -0.39 is 0 Å². The molecule has 0 saturated carbocycles. The van der Waals surface area contributed by atoms with Crippen molar-refractivity contribution in [2.45, 2.75) is 53.2 Å². The fourth-order valence-electron chi connectivity index (χ4n) is 4.20. The summed E-state index contributed by atoms with van der Waals surface area (Å²) in [5.41, 5.74) is 3.17. The van der Waals surface area contributed by atoms with Gasteiger partial charge in [-0.3, -0.25) is 9.78 Å². The van der Waals surface area contributed by atoms with Crippen molar-refractivity contribution < 1.29 is 9.53 Å². The van der Waals surface area contributed by atoms with Crippen LogP contribution in [0, 0.1) is 5.92 Å². The Morgan fingerprint density at radius 2 is 1.74 bits per heavy atom. The van der Waals surface area contributed by atoms with E-state index in [0.717, 1.165) is 55.0 Å². The molecule has 31 heavy (non-hydrogen) atoms. The van der Waals surface area contributed by atoms with Gasteiger partial charge in [0.1, 0.15) is 12.4 Å². The number of benzene rings is 1. The SMILES string of the molecule is CCN1CC(NC(=O)Cc2cccc(CC(C)C)c2OCc2ccncc2)CN1CC. The zero-order chi connectivity index (χ0) is 22.2. The van der Waals surface area contributed by atoms with Gasteiger partial charge < -0.3 is 10.1 Å². The minimum absolute atomic E-state index is 0.0504. The first kappa shape index (κ1) is 23.2. The Kier molecular flexibility index (Phi) is 8.43. The van der Waals surface area contributed by atoms with Gasteiger partial charge in [0, 0.05) is 44.1 Å². The van der Waals surface area contributed by atoms with Gasteiger partial charge in [0.05, 0.1) is 12.5 Å². The number of hydrogen-bond donors (Lipinski definition) is 1. The number of carbonyl (C=O) groups excluding carboxylic acids is 1. The predicted molar refractivity (Wildman–Crippen MR) is 124 cm³/mol. The molecule has 0 atom stereocenters. The molecule has 1 N–H and O–H groups in total. The molecule has 168 valence electrons. The number of pyridine rings is 1. The fraction of sp³-hybridized carbons (Fsp3) is 0.520. The van der Waals surface area contributed by atoms with Crippen molar-refractivity contribution in [1.82, 2.24) is 20.3 Å². The second-order valence-electron chi connectivity index (χ2n) is 8.60. The maximum Gasteiger partial charge on any atom is 0.224 e. The molecule has 6 nitrogen and oxygen atoms in total. The number of amides is 1. The van der Waals surface area contributed by atoms with Gasteiger partial charge in [-0.1, -0.05) is 45.9 Å². The van der Waals surface area contributed by atoms with Gasteiger partial charge in [0.2, 0.25) is 5.91 Å². The molecule has 1 aliphatic rings. The zero-order valence-electron chi connectivity index (χ0n) is 19.3.